The van der Waals surface area contributed by atoms with Gasteiger partial charge in [0.05, 0.1) is 5.69 Å². The molecule has 1 unspecified atom stereocenters. The monoisotopic (exact) mass is 340 g/mol. The molecule has 7 nitrogen and oxygen atoms in total. The summed E-state index contributed by atoms with van der Waals surface area (Å²) in [5, 5.41) is 0. The van der Waals surface area contributed by atoms with Gasteiger partial charge in [-0.25, -0.2) is 15.0 Å². The molecule has 132 valence electrons. The Balaban J connectivity index is 1.73. The topological polar surface area (TPSA) is 78.0 Å². The Kier molecular flexibility index (Phi) is 3.74. The van der Waals surface area contributed by atoms with Crippen molar-refractivity contribution in [2.75, 3.05) is 37.0 Å². The molecule has 0 aromatic carbocycles. The summed E-state index contributed by atoms with van der Waals surface area (Å²) in [6.45, 7) is 3.76. The zero-order valence-corrected chi connectivity index (χ0v) is 15.0. The summed E-state index contributed by atoms with van der Waals surface area (Å²) in [5.41, 5.74) is 1.83. The fourth-order valence-corrected chi connectivity index (χ4v) is 4.20. The molecule has 1 fully saturated rings. The van der Waals surface area contributed by atoms with Gasteiger partial charge in [0.15, 0.2) is 0 Å². The molecule has 1 atom stereocenters. The van der Waals surface area contributed by atoms with Crippen molar-refractivity contribution in [1.82, 2.24) is 19.9 Å². The van der Waals surface area contributed by atoms with Crippen LogP contribution in [0, 0.1) is 6.92 Å². The molecular formula is C18H24N6O. The zero-order valence-electron chi connectivity index (χ0n) is 15.0. The van der Waals surface area contributed by atoms with Gasteiger partial charge in [-0.15, -0.1) is 0 Å². The molecule has 4 rings (SSSR count). The maximum atomic E-state index is 12.5. The highest BCUT2D eigenvalue weighted by molar-refractivity contribution is 5.45. The maximum absolute atomic E-state index is 12.5. The molecule has 1 N–H and O–H groups in total. The molecule has 2 aliphatic rings. The molecule has 1 aliphatic heterocycles. The van der Waals surface area contributed by atoms with Crippen molar-refractivity contribution in [2.45, 2.75) is 38.0 Å². The van der Waals surface area contributed by atoms with Crippen molar-refractivity contribution in [3.8, 4) is 0 Å². The van der Waals surface area contributed by atoms with Crippen LogP contribution in [-0.2, 0) is 11.8 Å². The maximum Gasteiger partial charge on any atom is 0.255 e. The van der Waals surface area contributed by atoms with Gasteiger partial charge >= 0.3 is 0 Å². The standard InChI is InChI=1S/C18H24N6O/c1-12-19-9-6-14(20-12)24-10-4-7-18(11-24)8-5-13-15(18)21-17(23(2)3)22-16(13)25/h6,9H,4-5,7-8,10-11H2,1-3H3,(H,21,22,25). The van der Waals surface area contributed by atoms with Crippen LogP contribution in [0.3, 0.4) is 0 Å². The van der Waals surface area contributed by atoms with Gasteiger partial charge in [0, 0.05) is 44.4 Å². The largest absolute Gasteiger partial charge is 0.356 e. The van der Waals surface area contributed by atoms with E-state index in [1.54, 1.807) is 0 Å². The van der Waals surface area contributed by atoms with Crippen molar-refractivity contribution < 1.29 is 0 Å². The Hall–Kier alpha value is -2.44. The molecule has 3 heterocycles. The van der Waals surface area contributed by atoms with Gasteiger partial charge in [0.2, 0.25) is 5.95 Å². The first kappa shape index (κ1) is 16.1. The van der Waals surface area contributed by atoms with Crippen molar-refractivity contribution in [3.05, 3.63) is 39.7 Å². The molecule has 1 spiro atoms. The lowest BCUT2D eigenvalue weighted by Crippen LogP contribution is -2.46. The molecule has 2 aromatic rings. The van der Waals surface area contributed by atoms with Crippen LogP contribution < -0.4 is 15.4 Å². The number of aryl methyl sites for hydroxylation is 1. The van der Waals surface area contributed by atoms with Crippen LogP contribution in [0.1, 0.15) is 36.3 Å². The second-order valence-electron chi connectivity index (χ2n) is 7.38. The summed E-state index contributed by atoms with van der Waals surface area (Å²) >= 11 is 0. The van der Waals surface area contributed by atoms with Crippen LogP contribution in [0.4, 0.5) is 11.8 Å². The van der Waals surface area contributed by atoms with E-state index in [2.05, 4.69) is 19.9 Å². The van der Waals surface area contributed by atoms with E-state index < -0.39 is 0 Å². The number of piperidine rings is 1. The third-order valence-corrected chi connectivity index (χ3v) is 5.44. The number of rotatable bonds is 2. The van der Waals surface area contributed by atoms with Crippen LogP contribution in [-0.4, -0.2) is 47.1 Å². The smallest absolute Gasteiger partial charge is 0.255 e. The Morgan fingerprint density at radius 3 is 2.88 bits per heavy atom. The Morgan fingerprint density at radius 1 is 1.28 bits per heavy atom. The van der Waals surface area contributed by atoms with E-state index in [0.717, 1.165) is 61.7 Å². The number of hydrogen-bond donors (Lipinski definition) is 1. The lowest BCUT2D eigenvalue weighted by Gasteiger charge is -2.41. The molecule has 0 bridgehead atoms. The van der Waals surface area contributed by atoms with E-state index in [9.17, 15) is 4.79 Å². The number of H-pyrrole nitrogens is 1. The number of fused-ring (bicyclic) bond motifs is 2. The van der Waals surface area contributed by atoms with E-state index in [-0.39, 0.29) is 11.0 Å². The van der Waals surface area contributed by atoms with Crippen LogP contribution in [0.2, 0.25) is 0 Å². The van der Waals surface area contributed by atoms with Crippen LogP contribution in [0.5, 0.6) is 0 Å². The minimum absolute atomic E-state index is 0.0144. The predicted octanol–water partition coefficient (Wildman–Crippen LogP) is 1.42. The molecule has 0 amide bonds. The number of hydrogen-bond acceptors (Lipinski definition) is 6. The van der Waals surface area contributed by atoms with Crippen molar-refractivity contribution >= 4 is 11.8 Å². The van der Waals surface area contributed by atoms with E-state index >= 15 is 0 Å². The van der Waals surface area contributed by atoms with Gasteiger partial charge in [-0.1, -0.05) is 0 Å². The molecular weight excluding hydrogens is 316 g/mol. The van der Waals surface area contributed by atoms with E-state index in [4.69, 9.17) is 4.98 Å². The number of nitrogens with one attached hydrogen (secondary N) is 1. The minimum atomic E-state index is -0.0501. The molecule has 0 radical (unpaired) electrons. The highest BCUT2D eigenvalue weighted by Crippen LogP contribution is 2.43. The molecule has 1 saturated heterocycles. The third kappa shape index (κ3) is 2.67. The van der Waals surface area contributed by atoms with Gasteiger partial charge in [-0.2, -0.15) is 0 Å². The van der Waals surface area contributed by atoms with Crippen molar-refractivity contribution in [2.24, 2.45) is 0 Å². The number of nitrogens with zero attached hydrogens (tertiary/aromatic N) is 5. The molecule has 1 aliphatic carbocycles. The van der Waals surface area contributed by atoms with Gasteiger partial charge in [0.25, 0.3) is 5.56 Å². The average molecular weight is 340 g/mol. The summed E-state index contributed by atoms with van der Waals surface area (Å²) in [4.78, 5) is 33.2. The van der Waals surface area contributed by atoms with E-state index in [0.29, 0.717) is 5.95 Å². The van der Waals surface area contributed by atoms with Crippen LogP contribution >= 0.6 is 0 Å². The second kappa shape index (κ2) is 5.82. The quantitative estimate of drug-likeness (QED) is 0.891. The summed E-state index contributed by atoms with van der Waals surface area (Å²) in [7, 11) is 3.81. The normalized spacial score (nSPS) is 22.3. The number of aromatic amines is 1. The fourth-order valence-electron chi connectivity index (χ4n) is 4.20. The average Bonchev–Trinajstić information content (AvgIpc) is 2.93. The third-order valence-electron chi connectivity index (χ3n) is 5.44. The second-order valence-corrected chi connectivity index (χ2v) is 7.38. The molecule has 25 heavy (non-hydrogen) atoms. The summed E-state index contributed by atoms with van der Waals surface area (Å²) in [5.74, 6) is 2.39. The summed E-state index contributed by atoms with van der Waals surface area (Å²) < 4.78 is 0. The van der Waals surface area contributed by atoms with Crippen LogP contribution in [0.25, 0.3) is 0 Å². The molecule has 2 aromatic heterocycles. The summed E-state index contributed by atoms with van der Waals surface area (Å²) in [6, 6.07) is 1.97. The molecule has 0 saturated carbocycles. The fraction of sp³-hybridized carbons (Fsp3) is 0.556. The first-order valence-electron chi connectivity index (χ1n) is 8.84. The Bertz CT molecular complexity index is 861. The van der Waals surface area contributed by atoms with Gasteiger partial charge in [-0.05, 0) is 38.7 Å². The zero-order chi connectivity index (χ0) is 17.6. The number of anilines is 2. The SMILES string of the molecule is Cc1nccc(N2CCCC3(CCc4c3nc(N(C)C)[nH]c4=O)C2)n1. The molecule has 7 heteroatoms. The number of aromatic nitrogens is 4. The van der Waals surface area contributed by atoms with Gasteiger partial charge in [0.1, 0.15) is 11.6 Å². The Morgan fingerprint density at radius 2 is 2.12 bits per heavy atom. The summed E-state index contributed by atoms with van der Waals surface area (Å²) in [6.07, 6.45) is 5.75. The highest BCUT2D eigenvalue weighted by atomic mass is 16.1. The van der Waals surface area contributed by atoms with Crippen molar-refractivity contribution in [1.29, 1.82) is 0 Å². The first-order valence-corrected chi connectivity index (χ1v) is 8.84. The predicted molar refractivity (Wildman–Crippen MR) is 97.4 cm³/mol. The first-order chi connectivity index (χ1) is 12.0. The van der Waals surface area contributed by atoms with Crippen LogP contribution in [0.15, 0.2) is 17.1 Å². The van der Waals surface area contributed by atoms with Gasteiger partial charge in [-0.3, -0.25) is 9.78 Å². The highest BCUT2D eigenvalue weighted by Gasteiger charge is 2.45. The van der Waals surface area contributed by atoms with Gasteiger partial charge < -0.3 is 9.80 Å². The Labute approximate surface area is 147 Å². The minimum Gasteiger partial charge on any atom is -0.356 e. The lowest BCUT2D eigenvalue weighted by molar-refractivity contribution is 0.333. The van der Waals surface area contributed by atoms with E-state index in [1.807, 2.05) is 38.2 Å². The van der Waals surface area contributed by atoms with E-state index in [1.165, 1.54) is 0 Å². The lowest BCUT2D eigenvalue weighted by atomic mass is 9.77. The van der Waals surface area contributed by atoms with Crippen molar-refractivity contribution in [3.63, 3.8) is 0 Å².